The Morgan fingerprint density at radius 1 is 0.278 bits per heavy atom. The van der Waals surface area contributed by atoms with E-state index in [2.05, 4.69) is 153 Å². The number of ketones is 2. The summed E-state index contributed by atoms with van der Waals surface area (Å²) in [5.41, 5.74) is 21.2. The van der Waals surface area contributed by atoms with Crippen LogP contribution >= 0.6 is 0 Å². The number of carbonyl (C=O) groups excluding carboxylic acids is 2. The van der Waals surface area contributed by atoms with Crippen molar-refractivity contribution < 1.29 is 90.0 Å². The normalized spacial score (nSPS) is 9.53. The number of rotatable bonds is 10. The van der Waals surface area contributed by atoms with Crippen molar-refractivity contribution in [3.8, 4) is 89.9 Å². The molecule has 9 aromatic carbocycles. The van der Waals surface area contributed by atoms with Gasteiger partial charge in [-0.3, -0.25) is 14.6 Å². The van der Waals surface area contributed by atoms with Crippen LogP contribution in [0.5, 0.6) is 0 Å². The Morgan fingerprint density at radius 3 is 0.954 bits per heavy atom. The monoisotopic (exact) mass is 2120 g/mol. The zero-order chi connectivity index (χ0) is 72.6. The summed E-state index contributed by atoms with van der Waals surface area (Å²) in [4.78, 5) is 50.2. The topological polar surface area (TPSA) is 124 Å². The first-order chi connectivity index (χ1) is 51.0. The van der Waals surface area contributed by atoms with E-state index < -0.39 is 0 Å². The molecule has 0 saturated heterocycles. The summed E-state index contributed by atoms with van der Waals surface area (Å²) in [7, 11) is 0. The Bertz CT molecular complexity index is 4720. The quantitative estimate of drug-likeness (QED) is 0.0972. The van der Waals surface area contributed by atoms with Gasteiger partial charge in [-0.1, -0.05) is 152 Å². The number of pyridine rings is 7. The average Bonchev–Trinajstić information content (AvgIpc) is 0.787. The van der Waals surface area contributed by atoms with Crippen LogP contribution in [-0.4, -0.2) is 46.5 Å². The van der Waals surface area contributed by atoms with Gasteiger partial charge in [-0.2, -0.15) is 0 Å². The third-order valence-corrected chi connectivity index (χ3v) is 15.0. The molecule has 16 aromatic rings. The Kier molecular flexibility index (Phi) is 40.6. The maximum atomic E-state index is 10.0. The van der Waals surface area contributed by atoms with Gasteiger partial charge in [0.25, 0.3) is 0 Å². The summed E-state index contributed by atoms with van der Waals surface area (Å²) in [6.45, 7) is 9.05. The van der Waals surface area contributed by atoms with Crippen molar-refractivity contribution in [2.45, 2.75) is 41.0 Å². The van der Waals surface area contributed by atoms with Crippen LogP contribution in [0.2, 0.25) is 0 Å². The maximum absolute atomic E-state index is 10.0. The average molecular weight is 2120 g/mol. The number of aryl methyl sites for hydroxylation is 3. The SMILES string of the molecule is CC(=O)CC(C)=O.Cc1c[c-]c(-c2ccccn2)cc1.Cc1cc(-c2[c-]cccc2)nc2ccccc12.Cc1cc[c-]c(-c2ccccn2)c1.[Ir].[Ir].[Ir].[Ir].[c-]1cc(-c2ccccc2)ccc1-c1ccccn1.[c-]1ccccc1-c1ccccn1.[c-]1ccccc1-c1ccccn1.[c-]1ccccc1-c1ccccn1. The predicted molar refractivity (Wildman–Crippen MR) is 423 cm³/mol. The first-order valence-electron chi connectivity index (χ1n) is 33.8. The summed E-state index contributed by atoms with van der Waals surface area (Å²) in [5, 5.41) is 1.21. The standard InChI is InChI=1S/C17H12N.C16H12N.2C12H10N.3C11H8N.C5H8O2.4Ir/c1-2-6-14(7-3-1)15-9-11-16(12-10-15)17-8-4-5-13-18-17;1-12-11-16(13-7-3-2-4-8-13)17-15-10-6-5-9-14(12)15;1-10-5-4-6-11(9-10)12-7-2-3-8-13-12;1-10-5-7-11(8-6-10)12-4-2-3-9-13-12;3*1-2-6-10(7-3-1)11-8-4-5-9-12-11;1-4(6)3-5(2)7;;;;/h1-11,13H;2-7,9-11H,1H3;2-5,7-9H,1H3;2-7,9H,1H3;3*1-6,8-9H;3H2,1-2H3;;;;/q7*-1;;;;;. The van der Waals surface area contributed by atoms with Crippen molar-refractivity contribution in [1.82, 2.24) is 34.9 Å². The molecule has 7 aromatic heterocycles. The Hall–Kier alpha value is -10.8. The number of hydrogen-bond donors (Lipinski definition) is 0. The van der Waals surface area contributed by atoms with Crippen LogP contribution in [0, 0.1) is 63.2 Å². The molecular weight excluding hydrogens is 2040 g/mol. The smallest absolute Gasteiger partial charge is 0.137 e. The number of nitrogens with zero attached hydrogens (tertiary/aromatic N) is 7. The summed E-state index contributed by atoms with van der Waals surface area (Å²) in [5.74, 6) is -0.125. The Labute approximate surface area is 690 Å². The van der Waals surface area contributed by atoms with Gasteiger partial charge in [-0.05, 0) is 109 Å². The van der Waals surface area contributed by atoms with Crippen molar-refractivity contribution in [3.63, 3.8) is 0 Å². The molecule has 0 atom stereocenters. The van der Waals surface area contributed by atoms with Crippen molar-refractivity contribution in [2.24, 2.45) is 0 Å². The molecule has 0 unspecified atom stereocenters. The zero-order valence-corrected chi connectivity index (χ0v) is 69.6. The molecule has 0 aliphatic heterocycles. The van der Waals surface area contributed by atoms with Gasteiger partial charge in [0.15, 0.2) is 0 Å². The molecule has 0 bridgehead atoms. The van der Waals surface area contributed by atoms with Gasteiger partial charge >= 0.3 is 0 Å². The summed E-state index contributed by atoms with van der Waals surface area (Å²) < 4.78 is 0. The third kappa shape index (κ3) is 30.6. The van der Waals surface area contributed by atoms with Crippen LogP contribution < -0.4 is 0 Å². The minimum absolute atomic E-state index is 0. The molecular formula is C95H76Ir4N7O2-7. The number of carbonyl (C=O) groups is 2. The molecule has 0 fully saturated rings. The number of benzene rings is 9. The molecule has 13 heteroatoms. The van der Waals surface area contributed by atoms with Crippen LogP contribution in [-0.2, 0) is 90.0 Å². The van der Waals surface area contributed by atoms with E-state index in [1.807, 2.05) is 267 Å². The van der Waals surface area contributed by atoms with E-state index in [1.165, 1.54) is 47.1 Å². The third-order valence-electron chi connectivity index (χ3n) is 15.0. The van der Waals surface area contributed by atoms with E-state index in [-0.39, 0.29) is 98.4 Å². The van der Waals surface area contributed by atoms with Gasteiger partial charge in [-0.25, -0.2) is 0 Å². The summed E-state index contributed by atoms with van der Waals surface area (Å²) in [6.07, 6.45) is 10.8. The Morgan fingerprint density at radius 2 is 0.620 bits per heavy atom. The van der Waals surface area contributed by atoms with Gasteiger partial charge in [0, 0.05) is 123 Å². The largest absolute Gasteiger partial charge is 0.305 e. The van der Waals surface area contributed by atoms with E-state index in [4.69, 9.17) is 0 Å². The molecule has 108 heavy (non-hydrogen) atoms. The van der Waals surface area contributed by atoms with Gasteiger partial charge in [-0.15, -0.1) is 244 Å². The van der Waals surface area contributed by atoms with Crippen LogP contribution in [0.15, 0.2) is 359 Å². The van der Waals surface area contributed by atoms with Gasteiger partial charge in [0.05, 0.1) is 11.9 Å². The first kappa shape index (κ1) is 87.9. The number of para-hydroxylation sites is 1. The summed E-state index contributed by atoms with van der Waals surface area (Å²) >= 11 is 0. The molecule has 7 heterocycles. The minimum atomic E-state index is -0.0625. The fourth-order valence-corrected chi connectivity index (χ4v) is 9.97. The fraction of sp³-hybridized carbons (Fsp3) is 0.0632. The number of hydrogen-bond acceptors (Lipinski definition) is 9. The van der Waals surface area contributed by atoms with Gasteiger partial charge in [0.2, 0.25) is 0 Å². The Balaban J connectivity index is 0.000000222. The van der Waals surface area contributed by atoms with Crippen LogP contribution in [0.25, 0.3) is 101 Å². The van der Waals surface area contributed by atoms with E-state index in [0.717, 1.165) is 84.3 Å². The number of fused-ring (bicyclic) bond motifs is 1. The molecule has 0 N–H and O–H groups in total. The molecule has 16 rings (SSSR count). The van der Waals surface area contributed by atoms with Crippen molar-refractivity contribution in [2.75, 3.05) is 0 Å². The zero-order valence-electron chi connectivity index (χ0n) is 60.1. The predicted octanol–water partition coefficient (Wildman–Crippen LogP) is 22.1. The van der Waals surface area contributed by atoms with E-state index in [1.54, 1.807) is 37.2 Å². The molecule has 0 aliphatic carbocycles. The fourth-order valence-electron chi connectivity index (χ4n) is 9.97. The summed E-state index contributed by atoms with van der Waals surface area (Å²) in [6, 6.07) is 128. The van der Waals surface area contributed by atoms with Crippen LogP contribution in [0.3, 0.4) is 0 Å². The number of Topliss-reactive ketones (excluding diaryl/α,β-unsaturated/α-hetero) is 2. The molecule has 9 nitrogen and oxygen atoms in total. The van der Waals surface area contributed by atoms with E-state index >= 15 is 0 Å². The molecule has 0 amide bonds. The van der Waals surface area contributed by atoms with Crippen molar-refractivity contribution in [1.29, 1.82) is 0 Å². The number of aromatic nitrogens is 7. The van der Waals surface area contributed by atoms with Crippen LogP contribution in [0.1, 0.15) is 37.0 Å². The molecule has 0 spiro atoms. The second kappa shape index (κ2) is 49.9. The maximum Gasteiger partial charge on any atom is 0.137 e. The first-order valence-corrected chi connectivity index (χ1v) is 33.8. The van der Waals surface area contributed by atoms with Gasteiger partial charge < -0.3 is 29.9 Å². The van der Waals surface area contributed by atoms with Crippen molar-refractivity contribution >= 4 is 22.5 Å². The minimum Gasteiger partial charge on any atom is -0.305 e. The molecule has 0 aliphatic rings. The molecule has 546 valence electrons. The van der Waals surface area contributed by atoms with Crippen molar-refractivity contribution in [3.05, 3.63) is 418 Å². The second-order valence-electron chi connectivity index (χ2n) is 23.2. The molecule has 4 radical (unpaired) electrons. The van der Waals surface area contributed by atoms with Gasteiger partial charge in [0.1, 0.15) is 11.6 Å². The molecule has 0 saturated carbocycles. The van der Waals surface area contributed by atoms with E-state index in [0.29, 0.717) is 0 Å². The second-order valence-corrected chi connectivity index (χ2v) is 23.2. The van der Waals surface area contributed by atoms with E-state index in [9.17, 15) is 9.59 Å². The van der Waals surface area contributed by atoms with Crippen LogP contribution in [0.4, 0.5) is 0 Å².